The molecule has 2 aliphatic rings. The third kappa shape index (κ3) is 4.27. The van der Waals surface area contributed by atoms with Crippen molar-refractivity contribution >= 4 is 17.3 Å². The smallest absolute Gasteiger partial charge is 0.206 e. The fourth-order valence-corrected chi connectivity index (χ4v) is 3.82. The normalized spacial score (nSPS) is 19.3. The number of hydrogen-bond donors (Lipinski definition) is 1. The lowest BCUT2D eigenvalue weighted by atomic mass is 9.95. The second-order valence-electron chi connectivity index (χ2n) is 7.67. The van der Waals surface area contributed by atoms with Gasteiger partial charge in [-0.15, -0.1) is 0 Å². The number of likely N-dealkylation sites (N-methyl/N-ethyl adjacent to an activating group) is 1. The Morgan fingerprint density at radius 3 is 2.63 bits per heavy atom. The highest BCUT2D eigenvalue weighted by molar-refractivity contribution is 5.91. The molecule has 0 amide bonds. The van der Waals surface area contributed by atoms with Crippen LogP contribution in [0, 0.1) is 11.7 Å². The van der Waals surface area contributed by atoms with Crippen molar-refractivity contribution in [2.75, 3.05) is 25.5 Å². The van der Waals surface area contributed by atoms with Crippen LogP contribution in [0.5, 0.6) is 0 Å². The van der Waals surface area contributed by atoms with Crippen LogP contribution in [0.4, 0.5) is 10.1 Å². The molecule has 0 bridgehead atoms. The minimum atomic E-state index is -0.244. The van der Waals surface area contributed by atoms with Crippen molar-refractivity contribution in [2.45, 2.75) is 12.8 Å². The van der Waals surface area contributed by atoms with Crippen molar-refractivity contribution in [1.29, 1.82) is 0 Å². The number of aliphatic imine (C=N–C) groups is 1. The third-order valence-corrected chi connectivity index (χ3v) is 5.58. The topological polar surface area (TPSA) is 43.8 Å². The van der Waals surface area contributed by atoms with E-state index in [0.29, 0.717) is 0 Å². The van der Waals surface area contributed by atoms with Gasteiger partial charge in [0.05, 0.1) is 5.70 Å². The highest BCUT2D eigenvalue weighted by Gasteiger charge is 2.28. The van der Waals surface area contributed by atoms with E-state index < -0.39 is 0 Å². The van der Waals surface area contributed by atoms with E-state index in [0.717, 1.165) is 60.2 Å². The van der Waals surface area contributed by atoms with Gasteiger partial charge in [0.15, 0.2) is 0 Å². The Kier molecular flexibility index (Phi) is 5.65. The standard InChI is InChI=1S/C24H26FN5/c1-17-15-23(19-10-12-26-13-11-19)28-24(29(17)3)30-14-4-5-20(16-30)18(2)27-22-8-6-21(25)7-9-22/h6-13,15,20,27H,1-2,4-5,14,16H2,3H3. The summed E-state index contributed by atoms with van der Waals surface area (Å²) in [6.45, 7) is 10.2. The zero-order valence-electron chi connectivity index (χ0n) is 17.2. The van der Waals surface area contributed by atoms with Gasteiger partial charge < -0.3 is 15.1 Å². The molecule has 0 radical (unpaired) electrons. The number of hydrogen-bond acceptors (Lipinski definition) is 5. The first-order chi connectivity index (χ1) is 14.5. The molecule has 154 valence electrons. The number of halogens is 1. The molecule has 1 fully saturated rings. The van der Waals surface area contributed by atoms with E-state index in [1.54, 1.807) is 24.5 Å². The molecule has 3 heterocycles. The number of pyridine rings is 1. The van der Waals surface area contributed by atoms with Gasteiger partial charge in [0, 0.05) is 61.1 Å². The van der Waals surface area contributed by atoms with Crippen molar-refractivity contribution in [3.63, 3.8) is 0 Å². The molecule has 1 unspecified atom stereocenters. The summed E-state index contributed by atoms with van der Waals surface area (Å²) < 4.78 is 13.2. The quantitative estimate of drug-likeness (QED) is 0.803. The van der Waals surface area contributed by atoms with Gasteiger partial charge in [-0.25, -0.2) is 9.38 Å². The van der Waals surface area contributed by atoms with E-state index >= 15 is 0 Å². The number of aromatic nitrogens is 1. The molecular formula is C24H26FN5. The maximum atomic E-state index is 13.2. The van der Waals surface area contributed by atoms with Gasteiger partial charge in [0.25, 0.3) is 0 Å². The zero-order chi connectivity index (χ0) is 21.1. The highest BCUT2D eigenvalue weighted by Crippen LogP contribution is 2.29. The minimum absolute atomic E-state index is 0.244. The molecular weight excluding hydrogens is 377 g/mol. The largest absolute Gasteiger partial charge is 0.359 e. The number of nitrogens with zero attached hydrogens (tertiary/aromatic N) is 4. The summed E-state index contributed by atoms with van der Waals surface area (Å²) in [6.07, 6.45) is 7.63. The number of likely N-dealkylation sites (tertiary alicyclic amines) is 1. The lowest BCUT2D eigenvalue weighted by Crippen LogP contribution is -2.48. The number of nitrogens with one attached hydrogen (secondary N) is 1. The fraction of sp³-hybridized carbons (Fsp3) is 0.250. The van der Waals surface area contributed by atoms with E-state index in [-0.39, 0.29) is 11.7 Å². The van der Waals surface area contributed by atoms with E-state index in [4.69, 9.17) is 4.99 Å². The van der Waals surface area contributed by atoms with Crippen molar-refractivity contribution in [3.05, 3.63) is 90.8 Å². The molecule has 2 aliphatic heterocycles. The second-order valence-corrected chi connectivity index (χ2v) is 7.67. The van der Waals surface area contributed by atoms with E-state index in [2.05, 4.69) is 28.4 Å². The Morgan fingerprint density at radius 1 is 1.17 bits per heavy atom. The van der Waals surface area contributed by atoms with Crippen LogP contribution in [-0.4, -0.2) is 40.9 Å². The predicted octanol–water partition coefficient (Wildman–Crippen LogP) is 4.71. The van der Waals surface area contributed by atoms with Crippen molar-refractivity contribution in [1.82, 2.24) is 14.8 Å². The average Bonchev–Trinajstić information content (AvgIpc) is 2.78. The van der Waals surface area contributed by atoms with Crippen LogP contribution in [0.2, 0.25) is 0 Å². The molecule has 2 aromatic rings. The van der Waals surface area contributed by atoms with Gasteiger partial charge in [0.2, 0.25) is 5.96 Å². The van der Waals surface area contributed by atoms with E-state index in [1.807, 2.05) is 30.2 Å². The molecule has 30 heavy (non-hydrogen) atoms. The summed E-state index contributed by atoms with van der Waals surface area (Å²) in [5.74, 6) is 0.920. The Bertz CT molecular complexity index is 994. The number of piperidine rings is 1. The number of allylic oxidation sites excluding steroid dienone is 1. The molecule has 5 nitrogen and oxygen atoms in total. The highest BCUT2D eigenvalue weighted by atomic mass is 19.1. The second kappa shape index (κ2) is 8.53. The van der Waals surface area contributed by atoms with E-state index in [1.165, 1.54) is 12.1 Å². The summed E-state index contributed by atoms with van der Waals surface area (Å²) in [4.78, 5) is 13.4. The SMILES string of the molecule is C=C(Nc1ccc(F)cc1)C1CCCN(C2=NC(c3ccncc3)=CC(=C)N2C)C1. The lowest BCUT2D eigenvalue weighted by Gasteiger charge is -2.40. The van der Waals surface area contributed by atoms with E-state index in [9.17, 15) is 4.39 Å². The van der Waals surface area contributed by atoms with Crippen LogP contribution in [0.1, 0.15) is 18.4 Å². The van der Waals surface area contributed by atoms with Gasteiger partial charge >= 0.3 is 0 Å². The fourth-order valence-electron chi connectivity index (χ4n) is 3.82. The molecule has 0 aliphatic carbocycles. The number of benzene rings is 1. The van der Waals surface area contributed by atoms with Crippen LogP contribution < -0.4 is 5.32 Å². The third-order valence-electron chi connectivity index (χ3n) is 5.58. The summed E-state index contributed by atoms with van der Waals surface area (Å²) in [6, 6.07) is 10.3. The van der Waals surface area contributed by atoms with Gasteiger partial charge in [-0.2, -0.15) is 0 Å². The van der Waals surface area contributed by atoms with Gasteiger partial charge in [-0.3, -0.25) is 4.98 Å². The molecule has 6 heteroatoms. The molecule has 1 aromatic heterocycles. The summed E-state index contributed by atoms with van der Waals surface area (Å²) in [5, 5.41) is 3.34. The first-order valence-electron chi connectivity index (χ1n) is 10.1. The monoisotopic (exact) mass is 403 g/mol. The summed E-state index contributed by atoms with van der Waals surface area (Å²) in [7, 11) is 2.00. The van der Waals surface area contributed by atoms with Crippen LogP contribution >= 0.6 is 0 Å². The molecule has 0 saturated carbocycles. The van der Waals surface area contributed by atoms with Crippen LogP contribution in [-0.2, 0) is 0 Å². The first kappa shape index (κ1) is 19.9. The van der Waals surface area contributed by atoms with Gasteiger partial charge in [-0.1, -0.05) is 13.2 Å². The molecule has 1 aromatic carbocycles. The van der Waals surface area contributed by atoms with Crippen molar-refractivity contribution in [3.8, 4) is 0 Å². The predicted molar refractivity (Wildman–Crippen MR) is 120 cm³/mol. The Labute approximate surface area is 177 Å². The molecule has 1 N–H and O–H groups in total. The Hall–Kier alpha value is -3.41. The minimum Gasteiger partial charge on any atom is -0.359 e. The molecule has 4 rings (SSSR count). The Balaban J connectivity index is 1.51. The van der Waals surface area contributed by atoms with Crippen LogP contribution in [0.25, 0.3) is 5.70 Å². The molecule has 1 atom stereocenters. The number of rotatable bonds is 4. The maximum absolute atomic E-state index is 13.2. The zero-order valence-corrected chi connectivity index (χ0v) is 17.2. The maximum Gasteiger partial charge on any atom is 0.206 e. The number of anilines is 1. The summed E-state index contributed by atoms with van der Waals surface area (Å²) in [5.41, 5.74) is 4.60. The first-order valence-corrected chi connectivity index (χ1v) is 10.1. The summed E-state index contributed by atoms with van der Waals surface area (Å²) >= 11 is 0. The number of guanidine groups is 1. The average molecular weight is 404 g/mol. The molecule has 1 saturated heterocycles. The lowest BCUT2D eigenvalue weighted by molar-refractivity contribution is 0.264. The van der Waals surface area contributed by atoms with Crippen molar-refractivity contribution < 1.29 is 4.39 Å². The van der Waals surface area contributed by atoms with Crippen LogP contribution in [0.15, 0.2) is 84.4 Å². The van der Waals surface area contributed by atoms with Crippen molar-refractivity contribution in [2.24, 2.45) is 10.9 Å². The van der Waals surface area contributed by atoms with Gasteiger partial charge in [0.1, 0.15) is 5.82 Å². The van der Waals surface area contributed by atoms with Gasteiger partial charge in [-0.05, 0) is 55.3 Å². The molecule has 0 spiro atoms. The Morgan fingerprint density at radius 2 is 1.90 bits per heavy atom. The van der Waals surface area contributed by atoms with Crippen LogP contribution in [0.3, 0.4) is 0 Å².